The lowest BCUT2D eigenvalue weighted by Crippen LogP contribution is -2.57. The fraction of sp³-hybridized carbons (Fsp3) is 0.500. The number of amides is 2. The molecule has 0 spiro atoms. The molecule has 0 bridgehead atoms. The Morgan fingerprint density at radius 1 is 1.20 bits per heavy atom. The van der Waals surface area contributed by atoms with Gasteiger partial charge in [0.2, 0.25) is 5.91 Å². The fourth-order valence-corrected chi connectivity index (χ4v) is 6.06. The fourth-order valence-electron chi connectivity index (χ4n) is 6.06. The maximum atomic E-state index is 13.6. The number of hydrogen-bond acceptors (Lipinski definition) is 8. The molecule has 2 aromatic carbocycles. The molecular weight excluding hydrogens is 512 g/mol. The van der Waals surface area contributed by atoms with Crippen LogP contribution in [0.25, 0.3) is 0 Å². The number of ether oxygens (including phenoxy) is 3. The van der Waals surface area contributed by atoms with Crippen LogP contribution in [0.2, 0.25) is 0 Å². The number of fused-ring (bicyclic) bond motifs is 2. The van der Waals surface area contributed by atoms with Crippen molar-refractivity contribution in [2.75, 3.05) is 13.7 Å². The number of aliphatic imine (C=N–C) groups is 1. The molecule has 0 saturated heterocycles. The molecule has 1 unspecified atom stereocenters. The smallest absolute Gasteiger partial charge is 0.251 e. The summed E-state index contributed by atoms with van der Waals surface area (Å²) in [7, 11) is 1.56. The quantitative estimate of drug-likeness (QED) is 0.502. The van der Waals surface area contributed by atoms with E-state index in [0.29, 0.717) is 41.0 Å². The Morgan fingerprint density at radius 2 is 1.93 bits per heavy atom. The Kier molecular flexibility index (Phi) is 7.26. The minimum atomic E-state index is -1.32. The SMILES string of the molecule is CCC1(CC)CC(=O)N([C@H]2c3cc(C(=O)N[C@@H]4c5ccccc5OC[C@]4(C)O)ccc3OC(C)[C@H]2OC)C(N)=N1. The second-order valence-electron chi connectivity index (χ2n) is 11.2. The van der Waals surface area contributed by atoms with Crippen LogP contribution < -0.4 is 20.5 Å². The lowest BCUT2D eigenvalue weighted by molar-refractivity contribution is -0.137. The molecular formula is C30H38N4O6. The first kappa shape index (κ1) is 27.9. The van der Waals surface area contributed by atoms with E-state index in [0.717, 1.165) is 0 Å². The third-order valence-electron chi connectivity index (χ3n) is 8.54. The van der Waals surface area contributed by atoms with Crippen LogP contribution >= 0.6 is 0 Å². The average molecular weight is 551 g/mol. The van der Waals surface area contributed by atoms with Gasteiger partial charge in [0.15, 0.2) is 5.96 Å². The van der Waals surface area contributed by atoms with Crippen molar-refractivity contribution in [1.29, 1.82) is 0 Å². The van der Waals surface area contributed by atoms with Crippen LogP contribution in [0.5, 0.6) is 11.5 Å². The third kappa shape index (κ3) is 4.69. The van der Waals surface area contributed by atoms with Crippen molar-refractivity contribution in [2.24, 2.45) is 10.7 Å². The topological polar surface area (TPSA) is 136 Å². The molecule has 214 valence electrons. The molecule has 4 N–H and O–H groups in total. The second kappa shape index (κ2) is 10.4. The molecule has 10 heteroatoms. The first-order valence-corrected chi connectivity index (χ1v) is 13.8. The highest BCUT2D eigenvalue weighted by molar-refractivity contribution is 6.00. The molecule has 40 heavy (non-hydrogen) atoms. The number of nitrogens with one attached hydrogen (secondary N) is 1. The number of hydrogen-bond donors (Lipinski definition) is 3. The van der Waals surface area contributed by atoms with E-state index in [-0.39, 0.29) is 31.0 Å². The zero-order chi connectivity index (χ0) is 28.8. The van der Waals surface area contributed by atoms with Crippen LogP contribution in [0.1, 0.15) is 80.5 Å². The Balaban J connectivity index is 1.52. The Hall–Kier alpha value is -3.63. The van der Waals surface area contributed by atoms with Crippen LogP contribution in [0.3, 0.4) is 0 Å². The minimum Gasteiger partial charge on any atom is -0.490 e. The number of rotatable bonds is 6. The summed E-state index contributed by atoms with van der Waals surface area (Å²) in [6.45, 7) is 7.55. The van der Waals surface area contributed by atoms with E-state index in [1.165, 1.54) is 4.90 Å². The summed E-state index contributed by atoms with van der Waals surface area (Å²) in [5.41, 5.74) is 6.26. The number of para-hydroxylation sites is 1. The van der Waals surface area contributed by atoms with Gasteiger partial charge in [0.05, 0.1) is 24.0 Å². The molecule has 2 amide bonds. The predicted octanol–water partition coefficient (Wildman–Crippen LogP) is 3.24. The summed E-state index contributed by atoms with van der Waals surface area (Å²) < 4.78 is 17.7. The van der Waals surface area contributed by atoms with Crippen LogP contribution in [0.15, 0.2) is 47.5 Å². The molecule has 5 atom stereocenters. The lowest BCUT2D eigenvalue weighted by atomic mass is 9.85. The van der Waals surface area contributed by atoms with Gasteiger partial charge >= 0.3 is 0 Å². The van der Waals surface area contributed by atoms with Gasteiger partial charge in [0.1, 0.15) is 35.9 Å². The summed E-state index contributed by atoms with van der Waals surface area (Å²) in [5.74, 6) is 0.751. The van der Waals surface area contributed by atoms with Gasteiger partial charge in [0.25, 0.3) is 5.91 Å². The number of methoxy groups -OCH3 is 1. The van der Waals surface area contributed by atoms with Crippen molar-refractivity contribution in [2.45, 2.75) is 82.4 Å². The van der Waals surface area contributed by atoms with Gasteiger partial charge in [0, 0.05) is 23.8 Å². The number of nitrogens with two attached hydrogens (primary N) is 1. The molecule has 3 aliphatic rings. The zero-order valence-corrected chi connectivity index (χ0v) is 23.6. The van der Waals surface area contributed by atoms with Crippen LogP contribution in [-0.2, 0) is 9.53 Å². The van der Waals surface area contributed by atoms with Crippen molar-refractivity contribution in [3.63, 3.8) is 0 Å². The first-order chi connectivity index (χ1) is 19.0. The van der Waals surface area contributed by atoms with Gasteiger partial charge < -0.3 is 30.4 Å². The molecule has 0 aliphatic carbocycles. The van der Waals surface area contributed by atoms with Crippen molar-refractivity contribution in [3.05, 3.63) is 59.2 Å². The second-order valence-corrected chi connectivity index (χ2v) is 11.2. The largest absolute Gasteiger partial charge is 0.490 e. The third-order valence-corrected chi connectivity index (χ3v) is 8.54. The van der Waals surface area contributed by atoms with E-state index >= 15 is 0 Å². The van der Waals surface area contributed by atoms with E-state index in [2.05, 4.69) is 5.32 Å². The van der Waals surface area contributed by atoms with E-state index in [1.54, 1.807) is 32.2 Å². The number of aliphatic hydroxyl groups is 1. The Bertz CT molecular complexity index is 1340. The van der Waals surface area contributed by atoms with Crippen molar-refractivity contribution in [3.8, 4) is 11.5 Å². The van der Waals surface area contributed by atoms with E-state index in [4.69, 9.17) is 24.9 Å². The number of carbonyl (C=O) groups is 2. The highest BCUT2D eigenvalue weighted by atomic mass is 16.5. The normalized spacial score (nSPS) is 28.9. The van der Waals surface area contributed by atoms with Gasteiger partial charge in [-0.2, -0.15) is 0 Å². The number of carbonyl (C=O) groups excluding carboxylic acids is 2. The average Bonchev–Trinajstić information content (AvgIpc) is 2.93. The maximum absolute atomic E-state index is 13.6. The van der Waals surface area contributed by atoms with Crippen molar-refractivity contribution >= 4 is 17.8 Å². The van der Waals surface area contributed by atoms with Crippen LogP contribution in [0, 0.1) is 0 Å². The minimum absolute atomic E-state index is 0.0369. The highest BCUT2D eigenvalue weighted by Gasteiger charge is 2.47. The summed E-state index contributed by atoms with van der Waals surface area (Å²) in [5, 5.41) is 14.1. The highest BCUT2D eigenvalue weighted by Crippen LogP contribution is 2.43. The molecule has 10 nitrogen and oxygen atoms in total. The molecule has 3 heterocycles. The Labute approximate surface area is 234 Å². The standard InChI is InChI=1S/C30H38N4O6/c1-6-30(7-2)15-23(35)34(28(31)33-30)24-20-14-18(12-13-22(20)40-17(3)25(24)38-5)27(36)32-26-19-10-8-9-11-21(19)39-16-29(26,4)37/h8-14,17,24-26,37H,6-7,15-16H2,1-5H3,(H2,31,33)(H,32,36)/t17?,24-,25+,26+,29-/m0/s1. The molecule has 0 radical (unpaired) electrons. The summed E-state index contributed by atoms with van der Waals surface area (Å²) in [6.07, 6.45) is 0.683. The van der Waals surface area contributed by atoms with E-state index in [9.17, 15) is 14.7 Å². The van der Waals surface area contributed by atoms with Crippen LogP contribution in [-0.4, -0.2) is 64.8 Å². The molecule has 0 saturated carbocycles. The van der Waals surface area contributed by atoms with Crippen molar-refractivity contribution in [1.82, 2.24) is 10.2 Å². The van der Waals surface area contributed by atoms with Gasteiger partial charge in [-0.3, -0.25) is 14.5 Å². The predicted molar refractivity (Wildman–Crippen MR) is 149 cm³/mol. The zero-order valence-electron chi connectivity index (χ0n) is 23.6. The molecule has 2 aromatic rings. The van der Waals surface area contributed by atoms with Gasteiger partial charge in [-0.05, 0) is 51.0 Å². The van der Waals surface area contributed by atoms with Crippen LogP contribution in [0.4, 0.5) is 0 Å². The summed E-state index contributed by atoms with van der Waals surface area (Å²) in [6, 6.07) is 11.1. The maximum Gasteiger partial charge on any atom is 0.251 e. The monoisotopic (exact) mass is 550 g/mol. The summed E-state index contributed by atoms with van der Waals surface area (Å²) >= 11 is 0. The lowest BCUT2D eigenvalue weighted by Gasteiger charge is -2.45. The van der Waals surface area contributed by atoms with Gasteiger partial charge in [-0.1, -0.05) is 32.0 Å². The molecule has 5 rings (SSSR count). The summed E-state index contributed by atoms with van der Waals surface area (Å²) in [4.78, 5) is 33.5. The van der Waals surface area contributed by atoms with Crippen molar-refractivity contribution < 1.29 is 28.9 Å². The Morgan fingerprint density at radius 3 is 2.60 bits per heavy atom. The molecule has 3 aliphatic heterocycles. The first-order valence-electron chi connectivity index (χ1n) is 13.8. The number of benzene rings is 2. The van der Waals surface area contributed by atoms with E-state index < -0.39 is 35.2 Å². The van der Waals surface area contributed by atoms with Gasteiger partial charge in [-0.25, -0.2) is 4.99 Å². The molecule has 0 fully saturated rings. The van der Waals surface area contributed by atoms with E-state index in [1.807, 2.05) is 45.0 Å². The van der Waals surface area contributed by atoms with Gasteiger partial charge in [-0.15, -0.1) is 0 Å². The number of guanidine groups is 1. The number of nitrogens with zero attached hydrogens (tertiary/aromatic N) is 2. The molecule has 0 aromatic heterocycles.